The third-order valence-corrected chi connectivity index (χ3v) is 2.43. The lowest BCUT2D eigenvalue weighted by Gasteiger charge is -2.12. The van der Waals surface area contributed by atoms with Gasteiger partial charge in [0.15, 0.2) is 11.6 Å². The van der Waals surface area contributed by atoms with Gasteiger partial charge in [0.25, 0.3) is 0 Å². The molecule has 0 radical (unpaired) electrons. The fraction of sp³-hybridized carbons (Fsp3) is 0.417. The lowest BCUT2D eigenvalue weighted by atomic mass is 10.1. The first-order valence-corrected chi connectivity index (χ1v) is 5.64. The van der Waals surface area contributed by atoms with Gasteiger partial charge in [0.2, 0.25) is 0 Å². The lowest BCUT2D eigenvalue weighted by molar-refractivity contribution is 0.243. The number of amides is 2. The van der Waals surface area contributed by atoms with Crippen LogP contribution in [0, 0.1) is 17.6 Å². The highest BCUT2D eigenvalue weighted by atomic mass is 19.2. The minimum absolute atomic E-state index is 0.0446. The number of nitrogens with one attached hydrogen (secondary N) is 2. The van der Waals surface area contributed by atoms with E-state index in [0.29, 0.717) is 13.0 Å². The topological polar surface area (TPSA) is 61.4 Å². The van der Waals surface area contributed by atoms with Crippen molar-refractivity contribution < 1.29 is 18.7 Å². The second-order valence-electron chi connectivity index (χ2n) is 4.05. The standard InChI is InChI=1S/C12H16F2N2O2/c1-8(5-6-17)7-15-12(18)16-10-4-2-3-9(13)11(10)14/h2-4,8,17H,5-7H2,1H3,(H2,15,16,18). The summed E-state index contributed by atoms with van der Waals surface area (Å²) in [7, 11) is 0. The third-order valence-electron chi connectivity index (χ3n) is 2.43. The van der Waals surface area contributed by atoms with E-state index in [2.05, 4.69) is 10.6 Å². The minimum Gasteiger partial charge on any atom is -0.396 e. The maximum atomic E-state index is 13.2. The van der Waals surface area contributed by atoms with E-state index in [1.54, 1.807) is 0 Å². The summed E-state index contributed by atoms with van der Waals surface area (Å²) in [6, 6.07) is 2.95. The molecular formula is C12H16F2N2O2. The highest BCUT2D eigenvalue weighted by Gasteiger charge is 2.11. The quantitative estimate of drug-likeness (QED) is 0.757. The number of aliphatic hydroxyl groups is 1. The molecule has 0 heterocycles. The highest BCUT2D eigenvalue weighted by Crippen LogP contribution is 2.16. The molecule has 1 rings (SSSR count). The van der Waals surface area contributed by atoms with Crippen LogP contribution in [0.25, 0.3) is 0 Å². The number of aliphatic hydroxyl groups excluding tert-OH is 1. The number of hydrogen-bond donors (Lipinski definition) is 3. The molecule has 0 fully saturated rings. The molecule has 2 amide bonds. The van der Waals surface area contributed by atoms with Crippen LogP contribution in [0.3, 0.4) is 0 Å². The van der Waals surface area contributed by atoms with Crippen molar-refractivity contribution in [3.05, 3.63) is 29.8 Å². The second-order valence-corrected chi connectivity index (χ2v) is 4.05. The first kappa shape index (κ1) is 14.4. The van der Waals surface area contributed by atoms with Crippen molar-refractivity contribution in [2.75, 3.05) is 18.5 Å². The van der Waals surface area contributed by atoms with Gasteiger partial charge < -0.3 is 15.7 Å². The van der Waals surface area contributed by atoms with Crippen molar-refractivity contribution in [3.63, 3.8) is 0 Å². The monoisotopic (exact) mass is 258 g/mol. The summed E-state index contributed by atoms with van der Waals surface area (Å²) in [6.07, 6.45) is 0.564. The van der Waals surface area contributed by atoms with E-state index in [1.165, 1.54) is 12.1 Å². The molecule has 1 aromatic carbocycles. The lowest BCUT2D eigenvalue weighted by Crippen LogP contribution is -2.32. The molecule has 0 spiro atoms. The molecule has 0 saturated carbocycles. The molecule has 1 atom stereocenters. The number of urea groups is 1. The highest BCUT2D eigenvalue weighted by molar-refractivity contribution is 5.89. The summed E-state index contributed by atoms with van der Waals surface area (Å²) in [4.78, 5) is 11.4. The Hall–Kier alpha value is -1.69. The van der Waals surface area contributed by atoms with Crippen molar-refractivity contribution in [3.8, 4) is 0 Å². The van der Waals surface area contributed by atoms with Gasteiger partial charge in [-0.2, -0.15) is 0 Å². The molecular weight excluding hydrogens is 242 g/mol. The summed E-state index contributed by atoms with van der Waals surface area (Å²) in [6.45, 7) is 2.26. The molecule has 1 unspecified atom stereocenters. The summed E-state index contributed by atoms with van der Waals surface area (Å²) in [5.41, 5.74) is -0.206. The average molecular weight is 258 g/mol. The Kier molecular flexibility index (Phi) is 5.51. The van der Waals surface area contributed by atoms with Gasteiger partial charge in [-0.1, -0.05) is 13.0 Å². The normalized spacial score (nSPS) is 12.0. The largest absolute Gasteiger partial charge is 0.396 e. The van der Waals surface area contributed by atoms with Crippen molar-refractivity contribution in [1.82, 2.24) is 5.32 Å². The third kappa shape index (κ3) is 4.29. The number of hydrogen-bond acceptors (Lipinski definition) is 2. The van der Waals surface area contributed by atoms with Crippen molar-refractivity contribution in [1.29, 1.82) is 0 Å². The predicted molar refractivity (Wildman–Crippen MR) is 64.2 cm³/mol. The Bertz CT molecular complexity index is 413. The number of rotatable bonds is 5. The molecule has 0 aromatic heterocycles. The number of carbonyl (C=O) groups excluding carboxylic acids is 1. The van der Waals surface area contributed by atoms with Gasteiger partial charge in [0.05, 0.1) is 5.69 Å². The van der Waals surface area contributed by atoms with Crippen molar-refractivity contribution in [2.45, 2.75) is 13.3 Å². The van der Waals surface area contributed by atoms with Crippen molar-refractivity contribution >= 4 is 11.7 Å². The SMILES string of the molecule is CC(CCO)CNC(=O)Nc1cccc(F)c1F. The molecule has 0 aliphatic heterocycles. The van der Waals surface area contributed by atoms with Crippen LogP contribution in [0.1, 0.15) is 13.3 Å². The molecule has 0 aliphatic rings. The predicted octanol–water partition coefficient (Wildman–Crippen LogP) is 2.10. The molecule has 18 heavy (non-hydrogen) atoms. The zero-order chi connectivity index (χ0) is 13.5. The second kappa shape index (κ2) is 6.90. The van der Waals surface area contributed by atoms with Gasteiger partial charge >= 0.3 is 6.03 Å². The number of anilines is 1. The zero-order valence-corrected chi connectivity index (χ0v) is 10.0. The minimum atomic E-state index is -1.09. The Morgan fingerprint density at radius 1 is 1.44 bits per heavy atom. The van der Waals surface area contributed by atoms with Gasteiger partial charge in [0.1, 0.15) is 0 Å². The molecule has 1 aromatic rings. The van der Waals surface area contributed by atoms with Crippen LogP contribution in [0.2, 0.25) is 0 Å². The molecule has 4 nitrogen and oxygen atoms in total. The van der Waals surface area contributed by atoms with E-state index in [0.717, 1.165) is 6.07 Å². The van der Waals surface area contributed by atoms with Gasteiger partial charge in [0, 0.05) is 13.2 Å². The zero-order valence-electron chi connectivity index (χ0n) is 10.0. The number of halogens is 2. The summed E-state index contributed by atoms with van der Waals surface area (Å²) in [5.74, 6) is -1.99. The summed E-state index contributed by atoms with van der Waals surface area (Å²) in [5, 5.41) is 13.4. The smallest absolute Gasteiger partial charge is 0.319 e. The van der Waals surface area contributed by atoms with Crippen LogP contribution in [-0.2, 0) is 0 Å². The Labute approximate surface area is 104 Å². The molecule has 0 bridgehead atoms. The van der Waals surface area contributed by atoms with Gasteiger partial charge in [-0.15, -0.1) is 0 Å². The molecule has 3 N–H and O–H groups in total. The van der Waals surface area contributed by atoms with E-state index in [4.69, 9.17) is 5.11 Å². The number of benzene rings is 1. The van der Waals surface area contributed by atoms with Crippen LogP contribution >= 0.6 is 0 Å². The Morgan fingerprint density at radius 3 is 2.83 bits per heavy atom. The van der Waals surface area contributed by atoms with Gasteiger partial charge in [-0.05, 0) is 24.5 Å². The van der Waals surface area contributed by atoms with E-state index in [9.17, 15) is 13.6 Å². The summed E-state index contributed by atoms with van der Waals surface area (Å²) < 4.78 is 26.1. The van der Waals surface area contributed by atoms with Crippen LogP contribution < -0.4 is 10.6 Å². The van der Waals surface area contributed by atoms with E-state index in [1.807, 2.05) is 6.92 Å². The van der Waals surface area contributed by atoms with Gasteiger partial charge in [-0.3, -0.25) is 0 Å². The van der Waals surface area contributed by atoms with E-state index < -0.39 is 17.7 Å². The van der Waals surface area contributed by atoms with Gasteiger partial charge in [-0.25, -0.2) is 13.6 Å². The van der Waals surface area contributed by atoms with Crippen LogP contribution in [0.5, 0.6) is 0 Å². The molecule has 100 valence electrons. The maximum absolute atomic E-state index is 13.2. The fourth-order valence-electron chi connectivity index (χ4n) is 1.36. The Balaban J connectivity index is 2.47. The van der Waals surface area contributed by atoms with Crippen LogP contribution in [0.4, 0.5) is 19.3 Å². The first-order chi connectivity index (χ1) is 8.54. The van der Waals surface area contributed by atoms with Crippen molar-refractivity contribution in [2.24, 2.45) is 5.92 Å². The average Bonchev–Trinajstić information content (AvgIpc) is 2.33. The molecule has 0 aliphatic carbocycles. The first-order valence-electron chi connectivity index (χ1n) is 5.64. The van der Waals surface area contributed by atoms with Crippen LogP contribution in [0.15, 0.2) is 18.2 Å². The van der Waals surface area contributed by atoms with E-state index >= 15 is 0 Å². The maximum Gasteiger partial charge on any atom is 0.319 e. The molecule has 0 saturated heterocycles. The Morgan fingerprint density at radius 2 is 2.17 bits per heavy atom. The molecule has 6 heteroatoms. The summed E-state index contributed by atoms with van der Waals surface area (Å²) >= 11 is 0. The fourth-order valence-corrected chi connectivity index (χ4v) is 1.36. The van der Waals surface area contributed by atoms with E-state index in [-0.39, 0.29) is 18.2 Å². The van der Waals surface area contributed by atoms with Crippen LogP contribution in [-0.4, -0.2) is 24.3 Å². The number of carbonyl (C=O) groups is 1.